The second kappa shape index (κ2) is 4.37. The summed E-state index contributed by atoms with van der Waals surface area (Å²) in [6.45, 7) is 11.7. The smallest absolute Gasteiger partial charge is 0.00845 e. The van der Waals surface area contributed by atoms with Crippen molar-refractivity contribution in [3.05, 3.63) is 31.7 Å². The Hall–Kier alpha value is -0.520. The van der Waals surface area contributed by atoms with Gasteiger partial charge >= 0.3 is 0 Å². The topological polar surface area (TPSA) is 0 Å². The lowest BCUT2D eigenvalue weighted by Crippen LogP contribution is -1.83. The van der Waals surface area contributed by atoms with Crippen LogP contribution >= 0.6 is 0 Å². The summed E-state index contributed by atoms with van der Waals surface area (Å²) >= 11 is 0. The molecule has 0 amide bonds. The van der Waals surface area contributed by atoms with E-state index >= 15 is 0 Å². The first-order chi connectivity index (χ1) is 4.16. The van der Waals surface area contributed by atoms with Gasteiger partial charge in [-0.1, -0.05) is 32.1 Å². The van der Waals surface area contributed by atoms with Crippen LogP contribution in [0.1, 0.15) is 13.8 Å². The van der Waals surface area contributed by atoms with Crippen LogP contribution in [0.25, 0.3) is 0 Å². The van der Waals surface area contributed by atoms with E-state index < -0.39 is 0 Å². The third-order valence-electron chi connectivity index (χ3n) is 1.11. The zero-order valence-corrected chi connectivity index (χ0v) is 6.30. The molecule has 0 saturated heterocycles. The fourth-order valence-electron chi connectivity index (χ4n) is 0.444. The van der Waals surface area contributed by atoms with Gasteiger partial charge in [-0.2, -0.15) is 0 Å². The summed E-state index contributed by atoms with van der Waals surface area (Å²) in [5.74, 6) is 0.890. The molecule has 2 unspecified atom stereocenters. The molecule has 0 aromatic heterocycles. The Kier molecular flexibility index (Phi) is 4.12. The normalized spacial score (nSPS) is 14.7. The summed E-state index contributed by atoms with van der Waals surface area (Å²) in [5, 5.41) is 0. The van der Waals surface area contributed by atoms with Gasteiger partial charge in [0.05, 0.1) is 0 Å². The first-order valence-electron chi connectivity index (χ1n) is 3.30. The number of hydrogen-bond acceptors (Lipinski definition) is 0. The average Bonchev–Trinajstić information content (AvgIpc) is 1.83. The van der Waals surface area contributed by atoms with E-state index in [1.54, 1.807) is 0 Å². The van der Waals surface area contributed by atoms with Crippen LogP contribution in [0.3, 0.4) is 0 Å². The molecule has 0 heteroatoms. The van der Waals surface area contributed by atoms with Gasteiger partial charge in [0.2, 0.25) is 0 Å². The Morgan fingerprint density at radius 3 is 2.11 bits per heavy atom. The molecule has 0 nitrogen and oxygen atoms in total. The molecule has 0 rings (SSSR count). The van der Waals surface area contributed by atoms with E-state index in [-0.39, 0.29) is 0 Å². The molecule has 2 atom stereocenters. The lowest BCUT2D eigenvalue weighted by atomic mass is 10.1. The SMILES string of the molecule is [CH2]C(C)/C=C/C(C)C=C. The molecule has 0 aliphatic heterocycles. The van der Waals surface area contributed by atoms with Gasteiger partial charge in [-0.05, 0) is 18.8 Å². The fraction of sp³-hybridized carbons (Fsp3) is 0.444. The minimum absolute atomic E-state index is 0.410. The van der Waals surface area contributed by atoms with Crippen molar-refractivity contribution in [1.82, 2.24) is 0 Å². The molecule has 0 N–H and O–H groups in total. The Balaban J connectivity index is 3.56. The van der Waals surface area contributed by atoms with Crippen molar-refractivity contribution >= 4 is 0 Å². The van der Waals surface area contributed by atoms with Gasteiger partial charge in [0.15, 0.2) is 0 Å². The van der Waals surface area contributed by atoms with E-state index in [9.17, 15) is 0 Å². The first kappa shape index (κ1) is 8.48. The highest BCUT2D eigenvalue weighted by molar-refractivity contribution is 4.97. The molecule has 9 heavy (non-hydrogen) atoms. The average molecular weight is 123 g/mol. The summed E-state index contributed by atoms with van der Waals surface area (Å²) in [5.41, 5.74) is 0. The monoisotopic (exact) mass is 123 g/mol. The predicted octanol–water partition coefficient (Wildman–Crippen LogP) is 2.83. The maximum atomic E-state index is 3.82. The van der Waals surface area contributed by atoms with Crippen molar-refractivity contribution in [2.75, 3.05) is 0 Å². The van der Waals surface area contributed by atoms with Crippen molar-refractivity contribution < 1.29 is 0 Å². The van der Waals surface area contributed by atoms with Gasteiger partial charge in [0, 0.05) is 0 Å². The van der Waals surface area contributed by atoms with Gasteiger partial charge in [0.25, 0.3) is 0 Å². The molecule has 0 saturated carbocycles. The molecule has 0 aliphatic carbocycles. The Morgan fingerprint density at radius 2 is 1.78 bits per heavy atom. The van der Waals surface area contributed by atoms with Crippen molar-refractivity contribution in [2.45, 2.75) is 13.8 Å². The van der Waals surface area contributed by atoms with Crippen LogP contribution in [0.2, 0.25) is 0 Å². The van der Waals surface area contributed by atoms with E-state index in [1.165, 1.54) is 0 Å². The Morgan fingerprint density at radius 1 is 1.22 bits per heavy atom. The summed E-state index contributed by atoms with van der Waals surface area (Å²) in [4.78, 5) is 0. The van der Waals surface area contributed by atoms with Crippen LogP contribution < -0.4 is 0 Å². The molecule has 1 radical (unpaired) electrons. The maximum absolute atomic E-state index is 3.82. The van der Waals surface area contributed by atoms with E-state index in [2.05, 4.69) is 39.5 Å². The van der Waals surface area contributed by atoms with Crippen LogP contribution in [0.5, 0.6) is 0 Å². The van der Waals surface area contributed by atoms with Crippen LogP contribution in [0, 0.1) is 18.8 Å². The summed E-state index contributed by atoms with van der Waals surface area (Å²) in [7, 11) is 0. The van der Waals surface area contributed by atoms with Crippen LogP contribution in [-0.2, 0) is 0 Å². The third-order valence-corrected chi connectivity index (χ3v) is 1.11. The van der Waals surface area contributed by atoms with Crippen molar-refractivity contribution in [1.29, 1.82) is 0 Å². The molecule has 0 aromatic carbocycles. The van der Waals surface area contributed by atoms with E-state index in [0.717, 1.165) is 0 Å². The minimum Gasteiger partial charge on any atom is -0.102 e. The Labute approximate surface area is 58.3 Å². The highest BCUT2D eigenvalue weighted by atomic mass is 13.9. The first-order valence-corrected chi connectivity index (χ1v) is 3.30. The van der Waals surface area contributed by atoms with Crippen LogP contribution in [0.15, 0.2) is 24.8 Å². The Bertz CT molecular complexity index is 98.6. The van der Waals surface area contributed by atoms with Gasteiger partial charge in [-0.25, -0.2) is 0 Å². The van der Waals surface area contributed by atoms with Crippen molar-refractivity contribution in [3.63, 3.8) is 0 Å². The molecule has 0 bridgehead atoms. The second-order valence-electron chi connectivity index (χ2n) is 2.46. The second-order valence-corrected chi connectivity index (χ2v) is 2.46. The quantitative estimate of drug-likeness (QED) is 0.506. The van der Waals surface area contributed by atoms with E-state index in [1.807, 2.05) is 6.08 Å². The molecule has 51 valence electrons. The summed E-state index contributed by atoms with van der Waals surface area (Å²) in [6, 6.07) is 0. The fourth-order valence-corrected chi connectivity index (χ4v) is 0.444. The standard InChI is InChI=1S/C9H15/c1-5-9(4)7-6-8(2)3/h5-9H,1-2H2,3-4H3/b7-6+. The van der Waals surface area contributed by atoms with Gasteiger partial charge < -0.3 is 0 Å². The number of allylic oxidation sites excluding steroid dienone is 3. The minimum atomic E-state index is 0.410. The molecule has 0 spiro atoms. The van der Waals surface area contributed by atoms with Gasteiger partial charge in [-0.15, -0.1) is 6.58 Å². The summed E-state index contributed by atoms with van der Waals surface area (Å²) < 4.78 is 0. The zero-order valence-electron chi connectivity index (χ0n) is 6.30. The summed E-state index contributed by atoms with van der Waals surface area (Å²) in [6.07, 6.45) is 6.12. The highest BCUT2D eigenvalue weighted by Crippen LogP contribution is 2.01. The van der Waals surface area contributed by atoms with E-state index in [4.69, 9.17) is 0 Å². The molecular formula is C9H15. The van der Waals surface area contributed by atoms with Crippen molar-refractivity contribution in [3.8, 4) is 0 Å². The molecule has 0 fully saturated rings. The third kappa shape index (κ3) is 5.35. The lowest BCUT2D eigenvalue weighted by Gasteiger charge is -1.96. The van der Waals surface area contributed by atoms with Gasteiger partial charge in [-0.3, -0.25) is 0 Å². The molecule has 0 aromatic rings. The molecule has 0 heterocycles. The van der Waals surface area contributed by atoms with Crippen LogP contribution in [-0.4, -0.2) is 0 Å². The number of rotatable bonds is 3. The zero-order chi connectivity index (χ0) is 7.28. The maximum Gasteiger partial charge on any atom is -0.00845 e. The highest BCUT2D eigenvalue weighted by Gasteiger charge is 1.87. The van der Waals surface area contributed by atoms with Crippen molar-refractivity contribution in [2.24, 2.45) is 11.8 Å². The molecule has 0 aliphatic rings. The number of hydrogen-bond donors (Lipinski definition) is 0. The van der Waals surface area contributed by atoms with Gasteiger partial charge in [0.1, 0.15) is 0 Å². The lowest BCUT2D eigenvalue weighted by molar-refractivity contribution is 0.881. The largest absolute Gasteiger partial charge is 0.102 e. The van der Waals surface area contributed by atoms with E-state index in [0.29, 0.717) is 11.8 Å². The molecular weight excluding hydrogens is 108 g/mol. The van der Waals surface area contributed by atoms with Crippen LogP contribution in [0.4, 0.5) is 0 Å². The predicted molar refractivity (Wildman–Crippen MR) is 43.0 cm³/mol.